The second kappa shape index (κ2) is 9.89. The summed E-state index contributed by atoms with van der Waals surface area (Å²) >= 11 is 6.15. The van der Waals surface area contributed by atoms with Gasteiger partial charge in [-0.25, -0.2) is 0 Å². The molecule has 0 bridgehead atoms. The first-order chi connectivity index (χ1) is 10.8. The second-order valence-electron chi connectivity index (χ2n) is 5.22. The van der Waals surface area contributed by atoms with E-state index < -0.39 is 0 Å². The summed E-state index contributed by atoms with van der Waals surface area (Å²) in [5, 5.41) is 4.73. The molecule has 8 heteroatoms. The molecule has 1 aliphatic rings. The van der Waals surface area contributed by atoms with Gasteiger partial charge in [-0.05, 0) is 37.2 Å². The maximum absolute atomic E-state index is 12.3. The van der Waals surface area contributed by atoms with E-state index in [1.54, 1.807) is 18.3 Å². The summed E-state index contributed by atoms with van der Waals surface area (Å²) in [5.41, 5.74) is 0.681. The summed E-state index contributed by atoms with van der Waals surface area (Å²) in [6, 6.07) is 7.24. The van der Waals surface area contributed by atoms with Crippen molar-refractivity contribution in [2.45, 2.75) is 6.42 Å². The number of ether oxygens (including phenoxy) is 1. The van der Waals surface area contributed by atoms with E-state index in [0.29, 0.717) is 16.3 Å². The lowest BCUT2D eigenvalue weighted by Crippen LogP contribution is -2.37. The normalized spacial score (nSPS) is 14.3. The fraction of sp³-hybridized carbons (Fsp3) is 0.375. The van der Waals surface area contributed by atoms with Crippen molar-refractivity contribution in [2.75, 3.05) is 32.8 Å². The molecule has 0 radical (unpaired) electrons. The van der Waals surface area contributed by atoms with Crippen LogP contribution in [0.5, 0.6) is 5.75 Å². The van der Waals surface area contributed by atoms with Crippen molar-refractivity contribution in [3.63, 3.8) is 0 Å². The Morgan fingerprint density at radius 1 is 1.25 bits per heavy atom. The highest BCUT2D eigenvalue weighted by molar-refractivity contribution is 6.35. The molecule has 5 nitrogen and oxygen atoms in total. The van der Waals surface area contributed by atoms with E-state index in [-0.39, 0.29) is 37.3 Å². The maximum atomic E-state index is 12.3. The molecule has 1 aliphatic heterocycles. The largest absolute Gasteiger partial charge is 0.481 e. The van der Waals surface area contributed by atoms with Crippen LogP contribution in [0.3, 0.4) is 0 Å². The number of rotatable bonds is 3. The van der Waals surface area contributed by atoms with Crippen molar-refractivity contribution in [1.82, 2.24) is 15.2 Å². The first kappa shape index (κ1) is 20.8. The van der Waals surface area contributed by atoms with Crippen LogP contribution in [-0.2, 0) is 4.79 Å². The fourth-order valence-electron chi connectivity index (χ4n) is 2.55. The number of fused-ring (bicyclic) bond motifs is 1. The van der Waals surface area contributed by atoms with Gasteiger partial charge in [-0.15, -0.1) is 24.8 Å². The van der Waals surface area contributed by atoms with Gasteiger partial charge < -0.3 is 15.0 Å². The molecule has 0 unspecified atom stereocenters. The molecule has 1 amide bonds. The molecule has 1 saturated heterocycles. The van der Waals surface area contributed by atoms with Gasteiger partial charge in [-0.2, -0.15) is 0 Å². The molecule has 1 aromatic heterocycles. The van der Waals surface area contributed by atoms with Crippen LogP contribution in [0.2, 0.25) is 5.02 Å². The van der Waals surface area contributed by atoms with Crippen LogP contribution < -0.4 is 10.1 Å². The minimum atomic E-state index is 0. The van der Waals surface area contributed by atoms with E-state index in [4.69, 9.17) is 16.3 Å². The van der Waals surface area contributed by atoms with Gasteiger partial charge in [-0.1, -0.05) is 11.6 Å². The molecular formula is C16H20Cl3N3O2. The number of nitrogens with one attached hydrogen (secondary N) is 1. The number of carbonyl (C=O) groups is 1. The Labute approximate surface area is 158 Å². The molecule has 1 fully saturated rings. The minimum Gasteiger partial charge on any atom is -0.481 e. The number of nitrogens with zero attached hydrogens (tertiary/aromatic N) is 2. The van der Waals surface area contributed by atoms with Gasteiger partial charge >= 0.3 is 0 Å². The summed E-state index contributed by atoms with van der Waals surface area (Å²) < 4.78 is 5.70. The molecule has 0 saturated carbocycles. The van der Waals surface area contributed by atoms with Crippen molar-refractivity contribution in [3.05, 3.63) is 35.5 Å². The van der Waals surface area contributed by atoms with E-state index >= 15 is 0 Å². The first-order valence-electron chi connectivity index (χ1n) is 7.40. The van der Waals surface area contributed by atoms with Crippen LogP contribution in [0, 0.1) is 0 Å². The van der Waals surface area contributed by atoms with E-state index in [0.717, 1.165) is 38.0 Å². The van der Waals surface area contributed by atoms with Crippen molar-refractivity contribution >= 4 is 53.2 Å². The van der Waals surface area contributed by atoms with Crippen LogP contribution in [-0.4, -0.2) is 48.6 Å². The number of pyridine rings is 1. The highest BCUT2D eigenvalue weighted by Gasteiger charge is 2.16. The van der Waals surface area contributed by atoms with Crippen molar-refractivity contribution in [3.8, 4) is 5.75 Å². The van der Waals surface area contributed by atoms with E-state index in [2.05, 4.69) is 10.3 Å². The molecule has 132 valence electrons. The smallest absolute Gasteiger partial charge is 0.260 e. The summed E-state index contributed by atoms with van der Waals surface area (Å²) in [5.74, 6) is 0.587. The Morgan fingerprint density at radius 3 is 2.92 bits per heavy atom. The van der Waals surface area contributed by atoms with Crippen LogP contribution >= 0.6 is 36.4 Å². The molecule has 0 aliphatic carbocycles. The van der Waals surface area contributed by atoms with Gasteiger partial charge in [0.15, 0.2) is 6.61 Å². The molecule has 2 heterocycles. The third-order valence-electron chi connectivity index (χ3n) is 3.72. The van der Waals surface area contributed by atoms with Crippen molar-refractivity contribution < 1.29 is 9.53 Å². The molecule has 3 rings (SSSR count). The Kier molecular flexibility index (Phi) is 8.56. The lowest BCUT2D eigenvalue weighted by molar-refractivity contribution is -0.133. The number of halogens is 3. The van der Waals surface area contributed by atoms with Gasteiger partial charge in [0.1, 0.15) is 11.3 Å². The molecule has 1 N–H and O–H groups in total. The molecule has 24 heavy (non-hydrogen) atoms. The summed E-state index contributed by atoms with van der Waals surface area (Å²) in [4.78, 5) is 18.4. The van der Waals surface area contributed by atoms with E-state index in [9.17, 15) is 4.79 Å². The van der Waals surface area contributed by atoms with Crippen LogP contribution in [0.4, 0.5) is 0 Å². The fourth-order valence-corrected chi connectivity index (χ4v) is 2.77. The number of benzene rings is 1. The summed E-state index contributed by atoms with van der Waals surface area (Å²) in [7, 11) is 0. The van der Waals surface area contributed by atoms with Crippen LogP contribution in [0.15, 0.2) is 30.5 Å². The third kappa shape index (κ3) is 4.86. The van der Waals surface area contributed by atoms with Crippen molar-refractivity contribution in [2.24, 2.45) is 0 Å². The molecule has 0 atom stereocenters. The van der Waals surface area contributed by atoms with E-state index in [1.165, 1.54) is 0 Å². The topological polar surface area (TPSA) is 54.5 Å². The SMILES string of the molecule is Cl.Cl.O=C(COc1ccc(Cl)c2cccnc12)N1CCCNCC1. The average Bonchev–Trinajstić information content (AvgIpc) is 2.83. The molecule has 1 aromatic carbocycles. The maximum Gasteiger partial charge on any atom is 0.260 e. The second-order valence-corrected chi connectivity index (χ2v) is 5.63. The average molecular weight is 393 g/mol. The lowest BCUT2D eigenvalue weighted by Gasteiger charge is -2.20. The van der Waals surface area contributed by atoms with E-state index in [1.807, 2.05) is 17.0 Å². The Bertz CT molecular complexity index is 677. The summed E-state index contributed by atoms with van der Waals surface area (Å²) in [6.07, 6.45) is 2.66. The number of carbonyl (C=O) groups excluding carboxylic acids is 1. The Hall–Kier alpha value is -1.27. The van der Waals surface area contributed by atoms with Crippen LogP contribution in [0.25, 0.3) is 10.9 Å². The third-order valence-corrected chi connectivity index (χ3v) is 4.05. The standard InChI is InChI=1S/C16H18ClN3O2.2ClH/c17-13-4-5-14(16-12(13)3-1-7-19-16)22-11-15(21)20-9-2-6-18-8-10-20;;/h1,3-5,7,18H,2,6,8-11H2;2*1H. The first-order valence-corrected chi connectivity index (χ1v) is 7.78. The molecular weight excluding hydrogens is 373 g/mol. The predicted molar refractivity (Wildman–Crippen MR) is 101 cm³/mol. The number of hydrogen-bond donors (Lipinski definition) is 1. The van der Waals surface area contributed by atoms with Gasteiger partial charge in [0.25, 0.3) is 5.91 Å². The summed E-state index contributed by atoms with van der Waals surface area (Å²) in [6.45, 7) is 3.30. The Balaban J connectivity index is 0.00000144. The monoisotopic (exact) mass is 391 g/mol. The zero-order valence-electron chi connectivity index (χ0n) is 13.0. The molecule has 2 aromatic rings. The zero-order valence-corrected chi connectivity index (χ0v) is 15.4. The zero-order chi connectivity index (χ0) is 15.4. The highest BCUT2D eigenvalue weighted by Crippen LogP contribution is 2.29. The van der Waals surface area contributed by atoms with Gasteiger partial charge in [0, 0.05) is 31.2 Å². The number of aromatic nitrogens is 1. The van der Waals surface area contributed by atoms with Gasteiger partial charge in [0.2, 0.25) is 0 Å². The Morgan fingerprint density at radius 2 is 2.08 bits per heavy atom. The van der Waals surface area contributed by atoms with Crippen LogP contribution in [0.1, 0.15) is 6.42 Å². The van der Waals surface area contributed by atoms with Gasteiger partial charge in [-0.3, -0.25) is 9.78 Å². The number of amides is 1. The molecule has 0 spiro atoms. The quantitative estimate of drug-likeness (QED) is 0.872. The predicted octanol–water partition coefficient (Wildman–Crippen LogP) is 2.93. The minimum absolute atomic E-state index is 0. The number of hydrogen-bond acceptors (Lipinski definition) is 4. The van der Waals surface area contributed by atoms with Crippen molar-refractivity contribution in [1.29, 1.82) is 0 Å². The lowest BCUT2D eigenvalue weighted by atomic mass is 10.2. The van der Waals surface area contributed by atoms with Gasteiger partial charge in [0.05, 0.1) is 5.02 Å². The highest BCUT2D eigenvalue weighted by atomic mass is 35.5.